The molecule has 2 N–H and O–H groups in total. The lowest BCUT2D eigenvalue weighted by atomic mass is 10.0. The molecular formula is C14H14N2. The molecule has 1 saturated heterocycles. The van der Waals surface area contributed by atoms with E-state index >= 15 is 0 Å². The van der Waals surface area contributed by atoms with E-state index in [1.54, 1.807) is 0 Å². The molecule has 1 aliphatic heterocycles. The quantitative estimate of drug-likeness (QED) is 0.755. The summed E-state index contributed by atoms with van der Waals surface area (Å²) in [6.07, 6.45) is 2.18. The molecule has 80 valence electrons. The molecule has 1 aliphatic rings. The Labute approximate surface area is 95.0 Å². The van der Waals surface area contributed by atoms with Gasteiger partial charge in [0, 0.05) is 13.1 Å². The van der Waals surface area contributed by atoms with Gasteiger partial charge in [-0.1, -0.05) is 42.5 Å². The Kier molecular flexibility index (Phi) is 2.26. The Morgan fingerprint density at radius 1 is 0.875 bits per heavy atom. The standard InChI is InChI=1S/C14H14N2/c1-2-7-13-11(4-1)5-3-6-12(13)10-14-15-8-9-16-14/h1-7,10,15-16H,8-9H2. The molecule has 0 bridgehead atoms. The van der Waals surface area contributed by atoms with Crippen molar-refractivity contribution >= 4 is 16.8 Å². The van der Waals surface area contributed by atoms with Gasteiger partial charge in [0.15, 0.2) is 0 Å². The molecule has 0 amide bonds. The van der Waals surface area contributed by atoms with Crippen LogP contribution in [0, 0.1) is 0 Å². The van der Waals surface area contributed by atoms with Crippen LogP contribution in [0.2, 0.25) is 0 Å². The zero-order valence-corrected chi connectivity index (χ0v) is 9.03. The Balaban J connectivity index is 2.12. The highest BCUT2D eigenvalue weighted by molar-refractivity contribution is 5.90. The number of hydrogen-bond donors (Lipinski definition) is 2. The van der Waals surface area contributed by atoms with Crippen molar-refractivity contribution in [1.29, 1.82) is 0 Å². The van der Waals surface area contributed by atoms with Crippen LogP contribution in [0.5, 0.6) is 0 Å². The van der Waals surface area contributed by atoms with E-state index in [2.05, 4.69) is 59.2 Å². The van der Waals surface area contributed by atoms with Crippen molar-refractivity contribution in [2.24, 2.45) is 0 Å². The van der Waals surface area contributed by atoms with E-state index in [9.17, 15) is 0 Å². The highest BCUT2D eigenvalue weighted by Gasteiger charge is 2.04. The van der Waals surface area contributed by atoms with Gasteiger partial charge in [0.2, 0.25) is 0 Å². The molecule has 3 rings (SSSR count). The fourth-order valence-electron chi connectivity index (χ4n) is 2.09. The summed E-state index contributed by atoms with van der Waals surface area (Å²) in [5.74, 6) is 1.12. The van der Waals surface area contributed by atoms with Crippen molar-refractivity contribution in [2.45, 2.75) is 0 Å². The fraction of sp³-hybridized carbons (Fsp3) is 0.143. The SMILES string of the molecule is C(=C1NCCN1)c1cccc2ccccc12. The molecule has 0 unspecified atom stereocenters. The molecule has 2 heteroatoms. The summed E-state index contributed by atoms with van der Waals surface area (Å²) in [5, 5.41) is 9.23. The second kappa shape index (κ2) is 3.89. The van der Waals surface area contributed by atoms with Crippen LogP contribution in [0.15, 0.2) is 48.3 Å². The average molecular weight is 210 g/mol. The van der Waals surface area contributed by atoms with Crippen LogP contribution in [0.3, 0.4) is 0 Å². The van der Waals surface area contributed by atoms with E-state index in [0.29, 0.717) is 0 Å². The smallest absolute Gasteiger partial charge is 0.0994 e. The third-order valence-electron chi connectivity index (χ3n) is 2.88. The largest absolute Gasteiger partial charge is 0.370 e. The summed E-state index contributed by atoms with van der Waals surface area (Å²) in [7, 11) is 0. The van der Waals surface area contributed by atoms with Crippen LogP contribution >= 0.6 is 0 Å². The first-order chi connectivity index (χ1) is 7.93. The average Bonchev–Trinajstić information content (AvgIpc) is 2.82. The zero-order valence-electron chi connectivity index (χ0n) is 9.03. The first kappa shape index (κ1) is 9.28. The van der Waals surface area contributed by atoms with Crippen molar-refractivity contribution in [3.8, 4) is 0 Å². The van der Waals surface area contributed by atoms with Crippen molar-refractivity contribution in [1.82, 2.24) is 10.6 Å². The van der Waals surface area contributed by atoms with Gasteiger partial charge in [-0.2, -0.15) is 0 Å². The lowest BCUT2D eigenvalue weighted by Crippen LogP contribution is -2.09. The van der Waals surface area contributed by atoms with Crippen LogP contribution < -0.4 is 10.6 Å². The lowest BCUT2D eigenvalue weighted by Gasteiger charge is -2.04. The minimum Gasteiger partial charge on any atom is -0.370 e. The zero-order chi connectivity index (χ0) is 10.8. The number of nitrogens with one attached hydrogen (secondary N) is 2. The summed E-state index contributed by atoms with van der Waals surface area (Å²) >= 11 is 0. The van der Waals surface area contributed by atoms with Crippen LogP contribution in [-0.2, 0) is 0 Å². The normalized spacial score (nSPS) is 14.6. The number of hydrogen-bond acceptors (Lipinski definition) is 2. The summed E-state index contributed by atoms with van der Waals surface area (Å²) < 4.78 is 0. The van der Waals surface area contributed by atoms with Crippen molar-refractivity contribution in [3.63, 3.8) is 0 Å². The summed E-state index contributed by atoms with van der Waals surface area (Å²) in [4.78, 5) is 0. The monoisotopic (exact) mass is 210 g/mol. The van der Waals surface area contributed by atoms with Crippen molar-refractivity contribution in [2.75, 3.05) is 13.1 Å². The van der Waals surface area contributed by atoms with Gasteiger partial charge in [-0.25, -0.2) is 0 Å². The molecule has 0 aliphatic carbocycles. The predicted molar refractivity (Wildman–Crippen MR) is 67.9 cm³/mol. The van der Waals surface area contributed by atoms with E-state index in [0.717, 1.165) is 18.9 Å². The third kappa shape index (κ3) is 1.63. The predicted octanol–water partition coefficient (Wildman–Crippen LogP) is 2.33. The Hall–Kier alpha value is -1.96. The second-order valence-corrected chi connectivity index (χ2v) is 3.98. The van der Waals surface area contributed by atoms with E-state index in [1.165, 1.54) is 16.3 Å². The molecule has 1 fully saturated rings. The van der Waals surface area contributed by atoms with Crippen LogP contribution in [0.1, 0.15) is 5.56 Å². The van der Waals surface area contributed by atoms with E-state index in [4.69, 9.17) is 0 Å². The maximum Gasteiger partial charge on any atom is 0.0994 e. The number of benzene rings is 2. The highest BCUT2D eigenvalue weighted by Crippen LogP contribution is 2.20. The summed E-state index contributed by atoms with van der Waals surface area (Å²) in [5.41, 5.74) is 1.26. The van der Waals surface area contributed by atoms with Gasteiger partial charge in [0.1, 0.15) is 0 Å². The van der Waals surface area contributed by atoms with Crippen LogP contribution in [-0.4, -0.2) is 13.1 Å². The molecule has 0 aromatic heterocycles. The van der Waals surface area contributed by atoms with Gasteiger partial charge in [0.05, 0.1) is 5.82 Å². The number of fused-ring (bicyclic) bond motifs is 1. The molecule has 0 radical (unpaired) electrons. The van der Waals surface area contributed by atoms with Crippen LogP contribution in [0.4, 0.5) is 0 Å². The molecule has 2 aromatic carbocycles. The number of rotatable bonds is 1. The first-order valence-corrected chi connectivity index (χ1v) is 5.61. The topological polar surface area (TPSA) is 24.1 Å². The summed E-state index contributed by atoms with van der Waals surface area (Å²) in [6.45, 7) is 2.02. The molecule has 1 heterocycles. The van der Waals surface area contributed by atoms with Gasteiger partial charge < -0.3 is 10.6 Å². The van der Waals surface area contributed by atoms with E-state index in [-0.39, 0.29) is 0 Å². The third-order valence-corrected chi connectivity index (χ3v) is 2.88. The minimum atomic E-state index is 1.01. The first-order valence-electron chi connectivity index (χ1n) is 5.61. The Bertz CT molecular complexity index is 530. The maximum atomic E-state index is 3.32. The van der Waals surface area contributed by atoms with E-state index < -0.39 is 0 Å². The molecule has 2 nitrogen and oxygen atoms in total. The molecule has 2 aromatic rings. The second-order valence-electron chi connectivity index (χ2n) is 3.98. The minimum absolute atomic E-state index is 1.01. The van der Waals surface area contributed by atoms with Crippen LogP contribution in [0.25, 0.3) is 16.8 Å². The van der Waals surface area contributed by atoms with Gasteiger partial charge in [-0.05, 0) is 22.4 Å². The summed E-state index contributed by atoms with van der Waals surface area (Å²) in [6, 6.07) is 14.9. The van der Waals surface area contributed by atoms with Gasteiger partial charge in [-0.15, -0.1) is 0 Å². The maximum absolute atomic E-state index is 3.32. The molecular weight excluding hydrogens is 196 g/mol. The van der Waals surface area contributed by atoms with Gasteiger partial charge >= 0.3 is 0 Å². The fourth-order valence-corrected chi connectivity index (χ4v) is 2.09. The Morgan fingerprint density at radius 2 is 1.62 bits per heavy atom. The van der Waals surface area contributed by atoms with Gasteiger partial charge in [-0.3, -0.25) is 0 Å². The Morgan fingerprint density at radius 3 is 2.50 bits per heavy atom. The van der Waals surface area contributed by atoms with E-state index in [1.807, 2.05) is 0 Å². The van der Waals surface area contributed by atoms with Crippen molar-refractivity contribution in [3.05, 3.63) is 53.8 Å². The van der Waals surface area contributed by atoms with Crippen molar-refractivity contribution < 1.29 is 0 Å². The lowest BCUT2D eigenvalue weighted by molar-refractivity contribution is 0.942. The van der Waals surface area contributed by atoms with Gasteiger partial charge in [0.25, 0.3) is 0 Å². The molecule has 0 saturated carbocycles. The highest BCUT2D eigenvalue weighted by atomic mass is 15.2. The molecule has 0 spiro atoms. The molecule has 16 heavy (non-hydrogen) atoms. The molecule has 0 atom stereocenters.